The van der Waals surface area contributed by atoms with E-state index in [1.807, 2.05) is 0 Å². The number of nitrogens with zero attached hydrogens (tertiary/aromatic N) is 1. The van der Waals surface area contributed by atoms with Crippen LogP contribution in [-0.2, 0) is 16.0 Å². The van der Waals surface area contributed by atoms with Gasteiger partial charge in [-0.15, -0.1) is 0 Å². The van der Waals surface area contributed by atoms with Gasteiger partial charge in [-0.25, -0.2) is 13.6 Å². The molecule has 4 atom stereocenters. The number of aromatic amines is 1. The van der Waals surface area contributed by atoms with E-state index in [0.29, 0.717) is 24.7 Å². The van der Waals surface area contributed by atoms with Crippen LogP contribution >= 0.6 is 0 Å². The number of carbonyl (C=O) groups excluding carboxylic acids is 2. The molecule has 1 aromatic carbocycles. The number of nitrogens with one attached hydrogen (secondary N) is 3. The number of aromatic nitrogens is 2. The van der Waals surface area contributed by atoms with Gasteiger partial charge in [-0.2, -0.15) is 5.10 Å². The lowest BCUT2D eigenvalue weighted by molar-refractivity contribution is -0.115. The quantitative estimate of drug-likeness (QED) is 0.496. The number of aliphatic hydroxyl groups is 1. The van der Waals surface area contributed by atoms with E-state index < -0.39 is 23.6 Å². The number of carbonyl (C=O) groups is 2. The Morgan fingerprint density at radius 2 is 1.91 bits per heavy atom. The minimum absolute atomic E-state index is 0.116. The third-order valence-corrected chi connectivity index (χ3v) is 6.06. The smallest absolute Gasteiger partial charge is 0.407 e. The fraction of sp³-hybridized carbons (Fsp3) is 0.500. The second-order valence-electron chi connectivity index (χ2n) is 8.57. The Morgan fingerprint density at radius 3 is 2.62 bits per heavy atom. The van der Waals surface area contributed by atoms with E-state index in [9.17, 15) is 18.4 Å². The van der Waals surface area contributed by atoms with Crippen LogP contribution in [0.5, 0.6) is 0 Å². The summed E-state index contributed by atoms with van der Waals surface area (Å²) in [5, 5.41) is 21.4. The maximum absolute atomic E-state index is 13.3. The molecule has 2 fully saturated rings. The molecule has 2 saturated carbocycles. The minimum Gasteiger partial charge on any atom is -0.446 e. The van der Waals surface area contributed by atoms with Gasteiger partial charge >= 0.3 is 6.09 Å². The fourth-order valence-corrected chi connectivity index (χ4v) is 4.22. The van der Waals surface area contributed by atoms with Crippen molar-refractivity contribution >= 4 is 17.8 Å². The Hall–Kier alpha value is -3.01. The third-order valence-electron chi connectivity index (χ3n) is 6.06. The molecule has 4 N–H and O–H groups in total. The molecular weight excluding hydrogens is 422 g/mol. The van der Waals surface area contributed by atoms with E-state index in [1.165, 1.54) is 0 Å². The van der Waals surface area contributed by atoms with Crippen LogP contribution in [0.3, 0.4) is 0 Å². The topological polar surface area (TPSA) is 116 Å². The molecule has 4 rings (SSSR count). The van der Waals surface area contributed by atoms with Crippen molar-refractivity contribution < 1.29 is 28.2 Å². The second-order valence-corrected chi connectivity index (χ2v) is 8.57. The first-order valence-corrected chi connectivity index (χ1v) is 10.7. The molecule has 32 heavy (non-hydrogen) atoms. The zero-order valence-electron chi connectivity index (χ0n) is 17.4. The Morgan fingerprint density at radius 1 is 1.12 bits per heavy atom. The molecule has 0 unspecified atom stereocenters. The third kappa shape index (κ3) is 5.82. The first-order chi connectivity index (χ1) is 15.4. The van der Waals surface area contributed by atoms with Crippen molar-refractivity contribution in [3.8, 4) is 0 Å². The van der Waals surface area contributed by atoms with Crippen molar-refractivity contribution in [3.63, 3.8) is 0 Å². The molecule has 2 aliphatic carbocycles. The van der Waals surface area contributed by atoms with Gasteiger partial charge in [0.15, 0.2) is 5.82 Å². The van der Waals surface area contributed by atoms with Gasteiger partial charge in [-0.05, 0) is 55.2 Å². The molecule has 2 amide bonds. The number of aliphatic hydroxyl groups excluding tert-OH is 1. The highest BCUT2D eigenvalue weighted by Gasteiger charge is 2.36. The molecule has 172 valence electrons. The minimum atomic E-state index is -0.733. The highest BCUT2D eigenvalue weighted by Crippen LogP contribution is 2.37. The number of rotatable bonds is 8. The van der Waals surface area contributed by atoms with Crippen LogP contribution in [0.15, 0.2) is 24.3 Å². The van der Waals surface area contributed by atoms with Gasteiger partial charge < -0.3 is 20.5 Å². The second kappa shape index (κ2) is 9.64. The molecule has 8 nitrogen and oxygen atoms in total. The number of hydrogen-bond acceptors (Lipinski definition) is 5. The van der Waals surface area contributed by atoms with Crippen LogP contribution in [-0.4, -0.2) is 46.6 Å². The van der Waals surface area contributed by atoms with Crippen molar-refractivity contribution in [2.75, 3.05) is 18.5 Å². The summed E-state index contributed by atoms with van der Waals surface area (Å²) in [7, 11) is 0. The summed E-state index contributed by atoms with van der Waals surface area (Å²) in [6, 6.07) is 4.70. The summed E-state index contributed by atoms with van der Waals surface area (Å²) in [6.07, 6.45) is 2.31. The Labute approximate surface area is 183 Å². The molecule has 0 spiro atoms. The maximum Gasteiger partial charge on any atom is 0.407 e. The molecular formula is C22H26F2N4O4. The number of alkyl carbamates (subject to hydrolysis) is 1. The molecule has 2 aromatic rings. The number of amides is 2. The number of anilines is 1. The normalized spacial score (nSPS) is 24.2. The number of ether oxygens (including phenoxy) is 1. The lowest BCUT2D eigenvalue weighted by atomic mass is 10.0. The maximum atomic E-state index is 13.3. The zero-order valence-corrected chi connectivity index (χ0v) is 17.4. The first kappa shape index (κ1) is 22.2. The average molecular weight is 448 g/mol. The molecule has 1 aromatic heterocycles. The van der Waals surface area contributed by atoms with Gasteiger partial charge in [-0.3, -0.25) is 9.89 Å². The summed E-state index contributed by atoms with van der Waals surface area (Å²) >= 11 is 0. The van der Waals surface area contributed by atoms with Crippen LogP contribution in [0.4, 0.5) is 19.4 Å². The number of benzene rings is 1. The Bertz CT molecular complexity index is 962. The van der Waals surface area contributed by atoms with E-state index in [0.717, 1.165) is 43.2 Å². The van der Waals surface area contributed by atoms with Crippen molar-refractivity contribution in [2.24, 2.45) is 11.8 Å². The zero-order chi connectivity index (χ0) is 22.7. The van der Waals surface area contributed by atoms with Gasteiger partial charge in [-0.1, -0.05) is 0 Å². The van der Waals surface area contributed by atoms with E-state index in [1.54, 1.807) is 6.07 Å². The fourth-order valence-electron chi connectivity index (χ4n) is 4.22. The largest absolute Gasteiger partial charge is 0.446 e. The molecule has 10 heteroatoms. The highest BCUT2D eigenvalue weighted by molar-refractivity contribution is 5.91. The molecule has 0 radical (unpaired) electrons. The lowest BCUT2D eigenvalue weighted by Gasteiger charge is -2.13. The number of H-pyrrole nitrogens is 1. The number of halogens is 2. The van der Waals surface area contributed by atoms with Crippen LogP contribution in [0.2, 0.25) is 0 Å². The van der Waals surface area contributed by atoms with Crippen LogP contribution in [0.1, 0.15) is 42.9 Å². The molecule has 2 aliphatic rings. The standard InChI is InChI=1S/C22H26F2N4O4/c23-16-3-12(4-17(24)8-16)5-21(30)26-20-9-19(27-28-20)13-1-2-18(7-13)32-22(31)25-10-14-6-15(14)11-29/h3-4,8-9,13-15,18,29H,1-2,5-7,10-11H2,(H,25,31)(H2,26,27,28,30)/t13-,14-,15-,18+/m1/s1. The van der Waals surface area contributed by atoms with Gasteiger partial charge in [0, 0.05) is 36.9 Å². The van der Waals surface area contributed by atoms with Crippen molar-refractivity contribution in [2.45, 2.75) is 44.1 Å². The van der Waals surface area contributed by atoms with Crippen LogP contribution < -0.4 is 10.6 Å². The Balaban J connectivity index is 1.22. The average Bonchev–Trinajstić information content (AvgIpc) is 3.07. The number of hydrogen-bond donors (Lipinski definition) is 4. The van der Waals surface area contributed by atoms with E-state index >= 15 is 0 Å². The van der Waals surface area contributed by atoms with E-state index in [4.69, 9.17) is 9.84 Å². The van der Waals surface area contributed by atoms with E-state index in [2.05, 4.69) is 20.8 Å². The highest BCUT2D eigenvalue weighted by atomic mass is 19.1. The Kier molecular flexibility index (Phi) is 6.69. The van der Waals surface area contributed by atoms with E-state index in [-0.39, 0.29) is 36.5 Å². The summed E-state index contributed by atoms with van der Waals surface area (Å²) in [5.41, 5.74) is 1.06. The summed E-state index contributed by atoms with van der Waals surface area (Å²) in [4.78, 5) is 24.2. The van der Waals surface area contributed by atoms with Crippen molar-refractivity contribution in [3.05, 3.63) is 47.2 Å². The molecule has 0 saturated heterocycles. The molecule has 0 aliphatic heterocycles. The summed E-state index contributed by atoms with van der Waals surface area (Å²) in [5.74, 6) is -0.834. The lowest BCUT2D eigenvalue weighted by Crippen LogP contribution is -2.30. The first-order valence-electron chi connectivity index (χ1n) is 10.7. The predicted octanol–water partition coefficient (Wildman–Crippen LogP) is 2.86. The van der Waals surface area contributed by atoms with Gasteiger partial charge in [0.25, 0.3) is 0 Å². The molecule has 1 heterocycles. The van der Waals surface area contributed by atoms with Crippen molar-refractivity contribution in [1.29, 1.82) is 0 Å². The summed E-state index contributed by atoms with van der Waals surface area (Å²) in [6.45, 7) is 0.674. The van der Waals surface area contributed by atoms with Gasteiger partial charge in [0.2, 0.25) is 5.91 Å². The predicted molar refractivity (Wildman–Crippen MR) is 111 cm³/mol. The van der Waals surface area contributed by atoms with Crippen LogP contribution in [0, 0.1) is 23.5 Å². The van der Waals surface area contributed by atoms with Gasteiger partial charge in [0.1, 0.15) is 17.7 Å². The molecule has 0 bridgehead atoms. The van der Waals surface area contributed by atoms with Crippen molar-refractivity contribution in [1.82, 2.24) is 15.5 Å². The summed E-state index contributed by atoms with van der Waals surface area (Å²) < 4.78 is 32.0. The van der Waals surface area contributed by atoms with Gasteiger partial charge in [0.05, 0.1) is 6.42 Å². The SMILES string of the molecule is O=C(Cc1cc(F)cc(F)c1)Nc1cc([C@@H]2CC[C@H](OC(=O)NC[C@H]3C[C@@H]3CO)C2)[nH]n1. The monoisotopic (exact) mass is 448 g/mol. The van der Waals surface area contributed by atoms with Crippen LogP contribution in [0.25, 0.3) is 0 Å².